The topological polar surface area (TPSA) is 59.0 Å². The van der Waals surface area contributed by atoms with Crippen molar-refractivity contribution < 1.29 is 4.79 Å². The van der Waals surface area contributed by atoms with Crippen molar-refractivity contribution in [3.05, 3.63) is 11.8 Å². The lowest BCUT2D eigenvalue weighted by Gasteiger charge is -2.23. The first-order valence-corrected chi connectivity index (χ1v) is 7.19. The summed E-state index contributed by atoms with van der Waals surface area (Å²) in [6.07, 6.45) is 4.22. The Hall–Kier alpha value is -1.07. The SMILES string of the molecule is CCc1cc(NC(=O)C2CC23CCNCC3)n(C)n1.Cl. The van der Waals surface area contributed by atoms with Crippen molar-refractivity contribution >= 4 is 24.1 Å². The molecule has 1 saturated carbocycles. The van der Waals surface area contributed by atoms with E-state index in [0.717, 1.165) is 50.3 Å². The quantitative estimate of drug-likeness (QED) is 0.893. The highest BCUT2D eigenvalue weighted by Gasteiger charge is 2.57. The molecule has 0 bridgehead atoms. The summed E-state index contributed by atoms with van der Waals surface area (Å²) in [5.41, 5.74) is 1.31. The summed E-state index contributed by atoms with van der Waals surface area (Å²) in [5.74, 6) is 1.19. The maximum Gasteiger partial charge on any atom is 0.229 e. The van der Waals surface area contributed by atoms with Crippen molar-refractivity contribution in [2.75, 3.05) is 18.4 Å². The Morgan fingerprint density at radius 1 is 1.55 bits per heavy atom. The molecular formula is C14H23ClN4O. The van der Waals surface area contributed by atoms with Crippen LogP contribution in [0, 0.1) is 11.3 Å². The van der Waals surface area contributed by atoms with Crippen molar-refractivity contribution in [3.8, 4) is 0 Å². The normalized spacial score (nSPS) is 23.2. The largest absolute Gasteiger partial charge is 0.317 e. The second-order valence-corrected chi connectivity index (χ2v) is 5.86. The molecule has 6 heteroatoms. The summed E-state index contributed by atoms with van der Waals surface area (Å²) < 4.78 is 1.76. The molecule has 1 amide bonds. The standard InChI is InChI=1S/C14H22N4O.ClH/c1-3-10-8-12(18(2)17-10)16-13(19)11-9-14(11)4-6-15-7-5-14;/h8,11,15H,3-7,9H2,1-2H3,(H,16,19);1H. The third kappa shape index (κ3) is 2.69. The number of hydrogen-bond donors (Lipinski definition) is 2. The lowest BCUT2D eigenvalue weighted by molar-refractivity contribution is -0.118. The van der Waals surface area contributed by atoms with Crippen LogP contribution in [0.2, 0.25) is 0 Å². The Bertz CT molecular complexity index is 493. The highest BCUT2D eigenvalue weighted by atomic mass is 35.5. The Balaban J connectivity index is 0.00000147. The number of nitrogens with one attached hydrogen (secondary N) is 2. The fourth-order valence-electron chi connectivity index (χ4n) is 3.23. The van der Waals surface area contributed by atoms with Gasteiger partial charge in [-0.1, -0.05) is 6.92 Å². The molecule has 1 aromatic rings. The van der Waals surface area contributed by atoms with Crippen molar-refractivity contribution in [3.63, 3.8) is 0 Å². The van der Waals surface area contributed by atoms with E-state index < -0.39 is 0 Å². The first-order chi connectivity index (χ1) is 9.14. The van der Waals surface area contributed by atoms with E-state index in [9.17, 15) is 4.79 Å². The molecule has 5 nitrogen and oxygen atoms in total. The van der Waals surface area contributed by atoms with Crippen LogP contribution in [0.25, 0.3) is 0 Å². The lowest BCUT2D eigenvalue weighted by Crippen LogP contribution is -2.31. The molecule has 1 saturated heterocycles. The zero-order chi connectivity index (χ0) is 13.5. The van der Waals surface area contributed by atoms with E-state index in [1.807, 2.05) is 13.1 Å². The molecule has 1 spiro atoms. The summed E-state index contributed by atoms with van der Waals surface area (Å²) in [7, 11) is 1.88. The van der Waals surface area contributed by atoms with E-state index in [4.69, 9.17) is 0 Å². The number of hydrogen-bond acceptors (Lipinski definition) is 3. The van der Waals surface area contributed by atoms with E-state index in [1.54, 1.807) is 4.68 Å². The van der Waals surface area contributed by atoms with Gasteiger partial charge >= 0.3 is 0 Å². The number of carbonyl (C=O) groups is 1. The number of amides is 1. The summed E-state index contributed by atoms with van der Waals surface area (Å²) >= 11 is 0. The molecule has 1 aliphatic carbocycles. The van der Waals surface area contributed by atoms with Gasteiger partial charge in [0.1, 0.15) is 5.82 Å². The fourth-order valence-corrected chi connectivity index (χ4v) is 3.23. The highest BCUT2D eigenvalue weighted by Crippen LogP contribution is 2.58. The number of rotatable bonds is 3. The molecule has 0 aromatic carbocycles. The third-order valence-corrected chi connectivity index (χ3v) is 4.65. The fraction of sp³-hybridized carbons (Fsp3) is 0.714. The molecule has 1 aliphatic heterocycles. The number of nitrogens with zero attached hydrogens (tertiary/aromatic N) is 2. The van der Waals surface area contributed by atoms with Gasteiger partial charge in [-0.15, -0.1) is 12.4 Å². The number of anilines is 1. The van der Waals surface area contributed by atoms with Gasteiger partial charge in [-0.3, -0.25) is 9.48 Å². The van der Waals surface area contributed by atoms with Crippen LogP contribution < -0.4 is 10.6 Å². The highest BCUT2D eigenvalue weighted by molar-refractivity contribution is 5.94. The number of carbonyl (C=O) groups excluding carboxylic acids is 1. The Morgan fingerprint density at radius 2 is 2.25 bits per heavy atom. The van der Waals surface area contributed by atoms with Gasteiger partial charge in [0.25, 0.3) is 0 Å². The molecule has 2 heterocycles. The smallest absolute Gasteiger partial charge is 0.229 e. The number of piperidine rings is 1. The van der Waals surface area contributed by atoms with Crippen LogP contribution >= 0.6 is 12.4 Å². The molecule has 0 radical (unpaired) electrons. The maximum absolute atomic E-state index is 12.3. The van der Waals surface area contributed by atoms with E-state index in [-0.39, 0.29) is 24.2 Å². The Labute approximate surface area is 125 Å². The second-order valence-electron chi connectivity index (χ2n) is 5.86. The predicted octanol–water partition coefficient (Wildman–Crippen LogP) is 1.73. The average molecular weight is 299 g/mol. The third-order valence-electron chi connectivity index (χ3n) is 4.65. The van der Waals surface area contributed by atoms with Gasteiger partial charge in [-0.05, 0) is 44.2 Å². The number of halogens is 1. The molecule has 112 valence electrons. The minimum absolute atomic E-state index is 0. The van der Waals surface area contributed by atoms with Crippen molar-refractivity contribution in [1.82, 2.24) is 15.1 Å². The number of aryl methyl sites for hydroxylation is 2. The monoisotopic (exact) mass is 298 g/mol. The first-order valence-electron chi connectivity index (χ1n) is 7.19. The van der Waals surface area contributed by atoms with E-state index in [1.165, 1.54) is 0 Å². The molecule has 3 rings (SSSR count). The van der Waals surface area contributed by atoms with Crippen LogP contribution in [0.3, 0.4) is 0 Å². The van der Waals surface area contributed by atoms with Crippen LogP contribution in [-0.4, -0.2) is 28.8 Å². The summed E-state index contributed by atoms with van der Waals surface area (Å²) in [6.45, 7) is 4.17. The Kier molecular flexibility index (Phi) is 4.39. The molecule has 1 aromatic heterocycles. The molecule has 1 unspecified atom stereocenters. The van der Waals surface area contributed by atoms with Gasteiger partial charge in [0, 0.05) is 19.0 Å². The van der Waals surface area contributed by atoms with Gasteiger partial charge in [0.05, 0.1) is 5.69 Å². The molecular weight excluding hydrogens is 276 g/mol. The van der Waals surface area contributed by atoms with Crippen LogP contribution in [0.4, 0.5) is 5.82 Å². The van der Waals surface area contributed by atoms with Crippen molar-refractivity contribution in [1.29, 1.82) is 0 Å². The zero-order valence-corrected chi connectivity index (χ0v) is 12.9. The molecule has 1 atom stereocenters. The minimum Gasteiger partial charge on any atom is -0.317 e. The molecule has 2 aliphatic rings. The first kappa shape index (κ1) is 15.3. The molecule has 2 fully saturated rings. The summed E-state index contributed by atoms with van der Waals surface area (Å²) in [6, 6.07) is 1.97. The van der Waals surface area contributed by atoms with Crippen molar-refractivity contribution in [2.45, 2.75) is 32.6 Å². The van der Waals surface area contributed by atoms with Crippen LogP contribution in [0.5, 0.6) is 0 Å². The van der Waals surface area contributed by atoms with Gasteiger partial charge in [-0.25, -0.2) is 0 Å². The van der Waals surface area contributed by atoms with E-state index >= 15 is 0 Å². The maximum atomic E-state index is 12.3. The summed E-state index contributed by atoms with van der Waals surface area (Å²) in [4.78, 5) is 12.3. The van der Waals surface area contributed by atoms with E-state index in [2.05, 4.69) is 22.7 Å². The predicted molar refractivity (Wildman–Crippen MR) is 81.1 cm³/mol. The van der Waals surface area contributed by atoms with Crippen LogP contribution in [0.15, 0.2) is 6.07 Å². The minimum atomic E-state index is 0. The van der Waals surface area contributed by atoms with Gasteiger partial charge < -0.3 is 10.6 Å². The van der Waals surface area contributed by atoms with Gasteiger partial charge in [-0.2, -0.15) is 5.10 Å². The second kappa shape index (κ2) is 5.74. The average Bonchev–Trinajstić information content (AvgIpc) is 2.98. The zero-order valence-electron chi connectivity index (χ0n) is 12.1. The van der Waals surface area contributed by atoms with Gasteiger partial charge in [0.15, 0.2) is 0 Å². The Morgan fingerprint density at radius 3 is 2.85 bits per heavy atom. The molecule has 2 N–H and O–H groups in total. The lowest BCUT2D eigenvalue weighted by atomic mass is 9.92. The van der Waals surface area contributed by atoms with E-state index in [0.29, 0.717) is 5.41 Å². The number of aromatic nitrogens is 2. The summed E-state index contributed by atoms with van der Waals surface area (Å²) in [5, 5.41) is 10.8. The molecule has 20 heavy (non-hydrogen) atoms. The van der Waals surface area contributed by atoms with Crippen molar-refractivity contribution in [2.24, 2.45) is 18.4 Å². The van der Waals surface area contributed by atoms with Crippen LogP contribution in [0.1, 0.15) is 31.9 Å². The van der Waals surface area contributed by atoms with Gasteiger partial charge in [0.2, 0.25) is 5.91 Å². The van der Waals surface area contributed by atoms with Crippen LogP contribution in [-0.2, 0) is 18.3 Å².